The molecule has 0 radical (unpaired) electrons. The molecule has 0 saturated carbocycles. The lowest BCUT2D eigenvalue weighted by Crippen LogP contribution is -1.95. The Bertz CT molecular complexity index is 514. The van der Waals surface area contributed by atoms with Gasteiger partial charge in [0, 0.05) is 11.6 Å². The van der Waals surface area contributed by atoms with Gasteiger partial charge < -0.3 is 10.1 Å². The molecule has 4 heteroatoms. The Kier molecular flexibility index (Phi) is 5.04. The molecule has 2 rings (SSSR count). The van der Waals surface area contributed by atoms with Gasteiger partial charge >= 0.3 is 0 Å². The molecule has 0 atom stereocenters. The number of anilines is 2. The van der Waals surface area contributed by atoms with E-state index in [1.165, 1.54) is 5.56 Å². The number of nitrogens with one attached hydrogen (secondary N) is 1. The van der Waals surface area contributed by atoms with E-state index >= 15 is 0 Å². The Hall–Kier alpha value is -1.74. The lowest BCUT2D eigenvalue weighted by Gasteiger charge is -2.08. The number of pyridine rings is 1. The molecule has 0 aliphatic rings. The van der Waals surface area contributed by atoms with Crippen LogP contribution in [0.3, 0.4) is 0 Å². The zero-order valence-corrected chi connectivity index (χ0v) is 11.7. The van der Waals surface area contributed by atoms with Crippen LogP contribution in [0.5, 0.6) is 5.75 Å². The van der Waals surface area contributed by atoms with Crippen molar-refractivity contribution < 1.29 is 4.74 Å². The second-order valence-electron chi connectivity index (χ2n) is 4.20. The van der Waals surface area contributed by atoms with Gasteiger partial charge in [-0.25, -0.2) is 4.98 Å². The van der Waals surface area contributed by atoms with Crippen LogP contribution < -0.4 is 10.1 Å². The zero-order valence-electron chi connectivity index (χ0n) is 10.9. The van der Waals surface area contributed by atoms with E-state index in [1.807, 2.05) is 24.3 Å². The summed E-state index contributed by atoms with van der Waals surface area (Å²) in [6.45, 7) is 0. The zero-order chi connectivity index (χ0) is 13.5. The maximum Gasteiger partial charge on any atom is 0.137 e. The average Bonchev–Trinajstić information content (AvgIpc) is 2.46. The van der Waals surface area contributed by atoms with Gasteiger partial charge in [0.1, 0.15) is 11.6 Å². The van der Waals surface area contributed by atoms with Crippen LogP contribution in [-0.4, -0.2) is 18.0 Å². The quantitative estimate of drug-likeness (QED) is 0.810. The first-order valence-electron chi connectivity index (χ1n) is 6.24. The van der Waals surface area contributed by atoms with Crippen molar-refractivity contribution in [2.24, 2.45) is 0 Å². The summed E-state index contributed by atoms with van der Waals surface area (Å²) in [7, 11) is 1.63. The minimum atomic E-state index is 0.692. The van der Waals surface area contributed by atoms with Crippen LogP contribution in [0.4, 0.5) is 11.5 Å². The summed E-state index contributed by atoms with van der Waals surface area (Å²) in [5.41, 5.74) is 2.31. The molecule has 1 N–H and O–H groups in total. The monoisotopic (exact) mass is 276 g/mol. The third-order valence-corrected chi connectivity index (χ3v) is 3.04. The molecule has 1 aromatic carbocycles. The molecular weight excluding hydrogens is 260 g/mol. The van der Waals surface area contributed by atoms with Crippen LogP contribution in [0.15, 0.2) is 42.6 Å². The summed E-state index contributed by atoms with van der Waals surface area (Å²) < 4.78 is 5.08. The van der Waals surface area contributed by atoms with Crippen LogP contribution in [0.25, 0.3) is 0 Å². The van der Waals surface area contributed by atoms with Crippen molar-refractivity contribution in [1.29, 1.82) is 0 Å². The average molecular weight is 277 g/mol. The molecule has 100 valence electrons. The Morgan fingerprint density at radius 3 is 2.84 bits per heavy atom. The topological polar surface area (TPSA) is 34.1 Å². The maximum absolute atomic E-state index is 5.71. The van der Waals surface area contributed by atoms with E-state index in [4.69, 9.17) is 16.3 Å². The molecular formula is C15H17ClN2O. The molecule has 0 aliphatic heterocycles. The van der Waals surface area contributed by atoms with Crippen molar-refractivity contribution in [2.75, 3.05) is 18.3 Å². The summed E-state index contributed by atoms with van der Waals surface area (Å²) in [5, 5.41) is 3.27. The number of hydrogen-bond donors (Lipinski definition) is 1. The van der Waals surface area contributed by atoms with Gasteiger partial charge in [0.25, 0.3) is 0 Å². The predicted octanol–water partition coefficient (Wildman–Crippen LogP) is 4.01. The highest BCUT2D eigenvalue weighted by molar-refractivity contribution is 6.17. The predicted molar refractivity (Wildman–Crippen MR) is 79.6 cm³/mol. The molecule has 1 aromatic heterocycles. The van der Waals surface area contributed by atoms with E-state index < -0.39 is 0 Å². The number of rotatable bonds is 6. The van der Waals surface area contributed by atoms with Crippen molar-refractivity contribution in [1.82, 2.24) is 4.98 Å². The number of halogens is 1. The molecule has 2 aromatic rings. The van der Waals surface area contributed by atoms with Crippen molar-refractivity contribution in [3.05, 3.63) is 48.2 Å². The molecule has 0 saturated heterocycles. The second kappa shape index (κ2) is 7.00. The van der Waals surface area contributed by atoms with Gasteiger partial charge in [0.2, 0.25) is 0 Å². The molecule has 3 nitrogen and oxygen atoms in total. The first-order chi connectivity index (χ1) is 9.31. The van der Waals surface area contributed by atoms with Crippen LogP contribution in [0.1, 0.15) is 12.0 Å². The highest BCUT2D eigenvalue weighted by atomic mass is 35.5. The van der Waals surface area contributed by atoms with Gasteiger partial charge in [-0.3, -0.25) is 0 Å². The fourth-order valence-electron chi connectivity index (χ4n) is 1.80. The Morgan fingerprint density at radius 1 is 1.26 bits per heavy atom. The van der Waals surface area contributed by atoms with E-state index in [1.54, 1.807) is 13.3 Å². The molecule has 0 amide bonds. The van der Waals surface area contributed by atoms with Gasteiger partial charge in [-0.1, -0.05) is 12.1 Å². The number of methoxy groups -OCH3 is 1. The summed E-state index contributed by atoms with van der Waals surface area (Å²) in [6, 6.07) is 12.1. The van der Waals surface area contributed by atoms with E-state index in [0.29, 0.717) is 5.88 Å². The largest absolute Gasteiger partial charge is 0.495 e. The third-order valence-electron chi connectivity index (χ3n) is 2.77. The first-order valence-corrected chi connectivity index (χ1v) is 6.77. The van der Waals surface area contributed by atoms with Crippen LogP contribution >= 0.6 is 11.6 Å². The van der Waals surface area contributed by atoms with E-state index in [-0.39, 0.29) is 0 Å². The lowest BCUT2D eigenvalue weighted by atomic mass is 10.1. The van der Waals surface area contributed by atoms with E-state index in [0.717, 1.165) is 30.1 Å². The standard InChI is InChI=1S/C15H17ClN2O/c1-19-14-7-8-15(17-11-14)18-13-6-2-4-12(10-13)5-3-9-16/h2,4,6-8,10-11H,3,5,9H2,1H3,(H,17,18). The van der Waals surface area contributed by atoms with Crippen molar-refractivity contribution in [3.63, 3.8) is 0 Å². The van der Waals surface area contributed by atoms with E-state index in [2.05, 4.69) is 22.4 Å². The minimum absolute atomic E-state index is 0.692. The SMILES string of the molecule is COc1ccc(Nc2cccc(CCCCl)c2)nc1. The van der Waals surface area contributed by atoms with Gasteiger partial charge in [-0.05, 0) is 42.7 Å². The third kappa shape index (κ3) is 4.14. The van der Waals surface area contributed by atoms with Crippen molar-refractivity contribution in [2.45, 2.75) is 12.8 Å². The number of aryl methyl sites for hydroxylation is 1. The highest BCUT2D eigenvalue weighted by Gasteiger charge is 1.99. The minimum Gasteiger partial charge on any atom is -0.495 e. The second-order valence-corrected chi connectivity index (χ2v) is 4.58. The molecule has 0 unspecified atom stereocenters. The highest BCUT2D eigenvalue weighted by Crippen LogP contribution is 2.18. The molecule has 0 bridgehead atoms. The van der Waals surface area contributed by atoms with Gasteiger partial charge in [-0.15, -0.1) is 11.6 Å². The van der Waals surface area contributed by atoms with Crippen molar-refractivity contribution >= 4 is 23.1 Å². The fraction of sp³-hybridized carbons (Fsp3) is 0.267. The summed E-state index contributed by atoms with van der Waals surface area (Å²) in [4.78, 5) is 4.28. The smallest absolute Gasteiger partial charge is 0.137 e. The van der Waals surface area contributed by atoms with Gasteiger partial charge in [0.05, 0.1) is 13.3 Å². The Morgan fingerprint density at radius 2 is 2.16 bits per heavy atom. The number of hydrogen-bond acceptors (Lipinski definition) is 3. The molecule has 1 heterocycles. The Labute approximate surface area is 118 Å². The summed E-state index contributed by atoms with van der Waals surface area (Å²) in [5.74, 6) is 2.24. The van der Waals surface area contributed by atoms with Gasteiger partial charge in [0.15, 0.2) is 0 Å². The molecule has 0 fully saturated rings. The van der Waals surface area contributed by atoms with Crippen LogP contribution in [-0.2, 0) is 6.42 Å². The Balaban J connectivity index is 2.05. The molecule has 0 aliphatic carbocycles. The number of aromatic nitrogens is 1. The molecule has 0 spiro atoms. The molecule has 19 heavy (non-hydrogen) atoms. The summed E-state index contributed by atoms with van der Waals surface area (Å²) >= 11 is 5.71. The lowest BCUT2D eigenvalue weighted by molar-refractivity contribution is 0.413. The van der Waals surface area contributed by atoms with Crippen LogP contribution in [0.2, 0.25) is 0 Å². The number of ether oxygens (including phenoxy) is 1. The number of nitrogens with zero attached hydrogens (tertiary/aromatic N) is 1. The maximum atomic E-state index is 5.71. The number of alkyl halides is 1. The van der Waals surface area contributed by atoms with E-state index in [9.17, 15) is 0 Å². The van der Waals surface area contributed by atoms with Crippen LogP contribution in [0, 0.1) is 0 Å². The fourth-order valence-corrected chi connectivity index (χ4v) is 1.93. The number of benzene rings is 1. The summed E-state index contributed by atoms with van der Waals surface area (Å²) in [6.07, 6.45) is 3.68. The van der Waals surface area contributed by atoms with Crippen molar-refractivity contribution in [3.8, 4) is 5.75 Å². The first kappa shape index (κ1) is 13.7. The van der Waals surface area contributed by atoms with Gasteiger partial charge in [-0.2, -0.15) is 0 Å². The normalized spacial score (nSPS) is 10.2.